The number of anilines is 1. The number of hydrogen-bond donors (Lipinski definition) is 1. The van der Waals surface area contributed by atoms with Gasteiger partial charge in [-0.15, -0.1) is 16.4 Å². The van der Waals surface area contributed by atoms with Crippen LogP contribution >= 0.6 is 11.3 Å². The first kappa shape index (κ1) is 20.9. The van der Waals surface area contributed by atoms with Gasteiger partial charge in [0.2, 0.25) is 0 Å². The van der Waals surface area contributed by atoms with Crippen LogP contribution in [0, 0.1) is 13.8 Å². The summed E-state index contributed by atoms with van der Waals surface area (Å²) < 4.78 is 0. The van der Waals surface area contributed by atoms with E-state index in [0.717, 1.165) is 10.4 Å². The third-order valence-corrected chi connectivity index (χ3v) is 6.16. The summed E-state index contributed by atoms with van der Waals surface area (Å²) in [5.41, 5.74) is 2.26. The van der Waals surface area contributed by atoms with Crippen LogP contribution in [-0.4, -0.2) is 32.0 Å². The molecule has 0 aliphatic carbocycles. The standard InChI is InChI=1S/C23H22N4O3S/c1-12(2)15-6-8-16(9-7-15)20(28)18-19(22-24-11-14(4)31-22)27(23(30)21(18)29)17-10-5-13(3)25-26-17/h5-12,19,28H,1-4H3. The molecule has 158 valence electrons. The summed E-state index contributed by atoms with van der Waals surface area (Å²) in [7, 11) is 0. The molecular weight excluding hydrogens is 412 g/mol. The maximum atomic E-state index is 13.1. The number of aryl methyl sites for hydroxylation is 2. The number of aliphatic hydroxyl groups excluding tert-OH is 1. The van der Waals surface area contributed by atoms with Crippen LogP contribution in [0.2, 0.25) is 0 Å². The highest BCUT2D eigenvalue weighted by Crippen LogP contribution is 2.42. The molecule has 1 aliphatic heterocycles. The highest BCUT2D eigenvalue weighted by atomic mass is 32.1. The van der Waals surface area contributed by atoms with Crippen LogP contribution in [0.1, 0.15) is 52.5 Å². The maximum absolute atomic E-state index is 13.1. The second-order valence-electron chi connectivity index (χ2n) is 7.79. The monoisotopic (exact) mass is 434 g/mol. The summed E-state index contributed by atoms with van der Waals surface area (Å²) >= 11 is 1.36. The van der Waals surface area contributed by atoms with Gasteiger partial charge in [-0.1, -0.05) is 38.1 Å². The number of amides is 1. The lowest BCUT2D eigenvalue weighted by molar-refractivity contribution is -0.132. The molecule has 1 N–H and O–H groups in total. The summed E-state index contributed by atoms with van der Waals surface area (Å²) in [6.45, 7) is 7.83. The first-order chi connectivity index (χ1) is 14.8. The van der Waals surface area contributed by atoms with Gasteiger partial charge in [0.15, 0.2) is 5.82 Å². The van der Waals surface area contributed by atoms with Crippen molar-refractivity contribution in [1.29, 1.82) is 0 Å². The van der Waals surface area contributed by atoms with Gasteiger partial charge < -0.3 is 5.11 Å². The van der Waals surface area contributed by atoms with Gasteiger partial charge in [0.05, 0.1) is 11.3 Å². The molecular formula is C23H22N4O3S. The fraction of sp³-hybridized carbons (Fsp3) is 0.261. The van der Waals surface area contributed by atoms with Crippen molar-refractivity contribution >= 4 is 34.6 Å². The van der Waals surface area contributed by atoms with Gasteiger partial charge in [0.25, 0.3) is 5.78 Å². The first-order valence-electron chi connectivity index (χ1n) is 9.92. The Balaban J connectivity index is 1.88. The minimum Gasteiger partial charge on any atom is -0.507 e. The summed E-state index contributed by atoms with van der Waals surface area (Å²) in [5.74, 6) is -1.20. The van der Waals surface area contributed by atoms with Crippen LogP contribution in [0.25, 0.3) is 5.76 Å². The molecule has 1 saturated heterocycles. The number of rotatable bonds is 4. The van der Waals surface area contributed by atoms with Gasteiger partial charge >= 0.3 is 5.91 Å². The maximum Gasteiger partial charge on any atom is 0.301 e. The van der Waals surface area contributed by atoms with Gasteiger partial charge in [-0.05, 0) is 37.5 Å². The van der Waals surface area contributed by atoms with Crippen molar-refractivity contribution in [1.82, 2.24) is 15.2 Å². The number of ketones is 1. The Bertz CT molecular complexity index is 1180. The number of aliphatic hydroxyl groups is 1. The van der Waals surface area contributed by atoms with E-state index < -0.39 is 17.7 Å². The zero-order chi connectivity index (χ0) is 22.3. The van der Waals surface area contributed by atoms with Crippen molar-refractivity contribution in [2.24, 2.45) is 0 Å². The molecule has 4 rings (SSSR count). The van der Waals surface area contributed by atoms with E-state index in [-0.39, 0.29) is 17.2 Å². The van der Waals surface area contributed by atoms with Crippen molar-refractivity contribution in [2.45, 2.75) is 39.7 Å². The van der Waals surface area contributed by atoms with E-state index in [1.165, 1.54) is 16.2 Å². The molecule has 0 bridgehead atoms. The topological polar surface area (TPSA) is 96.3 Å². The molecule has 3 heterocycles. The van der Waals surface area contributed by atoms with Crippen LogP contribution in [-0.2, 0) is 9.59 Å². The summed E-state index contributed by atoms with van der Waals surface area (Å²) in [6, 6.07) is 9.81. The first-order valence-corrected chi connectivity index (χ1v) is 10.7. The third kappa shape index (κ3) is 3.74. The second-order valence-corrected chi connectivity index (χ2v) is 9.05. The summed E-state index contributed by atoms with van der Waals surface area (Å²) in [4.78, 5) is 32.7. The number of carbonyl (C=O) groups excluding carboxylic acids is 2. The number of thiazole rings is 1. The Kier molecular flexibility index (Phi) is 5.41. The molecule has 1 fully saturated rings. The predicted octanol–water partition coefficient (Wildman–Crippen LogP) is 4.30. The van der Waals surface area contributed by atoms with Crippen LogP contribution in [0.4, 0.5) is 5.82 Å². The number of nitrogens with zero attached hydrogens (tertiary/aromatic N) is 4. The Morgan fingerprint density at radius 3 is 2.32 bits per heavy atom. The second kappa shape index (κ2) is 8.03. The van der Waals surface area contributed by atoms with Crippen LogP contribution < -0.4 is 4.90 Å². The van der Waals surface area contributed by atoms with E-state index in [1.54, 1.807) is 37.4 Å². The van der Waals surface area contributed by atoms with Crippen molar-refractivity contribution in [2.75, 3.05) is 4.90 Å². The molecule has 0 spiro atoms. The minimum absolute atomic E-state index is 0.000906. The molecule has 1 unspecified atom stereocenters. The minimum atomic E-state index is -0.875. The largest absolute Gasteiger partial charge is 0.507 e. The fourth-order valence-electron chi connectivity index (χ4n) is 3.50. The lowest BCUT2D eigenvalue weighted by atomic mass is 9.98. The van der Waals surface area contributed by atoms with E-state index >= 15 is 0 Å². The van der Waals surface area contributed by atoms with Crippen LogP contribution in [0.3, 0.4) is 0 Å². The average Bonchev–Trinajstić information content (AvgIpc) is 3.29. The Morgan fingerprint density at radius 2 is 1.77 bits per heavy atom. The van der Waals surface area contributed by atoms with Crippen LogP contribution in [0.15, 0.2) is 48.2 Å². The molecule has 1 amide bonds. The molecule has 0 radical (unpaired) electrons. The van der Waals surface area contributed by atoms with E-state index in [0.29, 0.717) is 22.2 Å². The van der Waals surface area contributed by atoms with Gasteiger partial charge in [-0.3, -0.25) is 14.5 Å². The highest BCUT2D eigenvalue weighted by Gasteiger charge is 2.49. The van der Waals surface area contributed by atoms with Gasteiger partial charge in [0, 0.05) is 16.6 Å². The van der Waals surface area contributed by atoms with E-state index in [2.05, 4.69) is 29.0 Å². The number of benzene rings is 1. The van der Waals surface area contributed by atoms with Gasteiger partial charge in [-0.25, -0.2) is 4.98 Å². The van der Waals surface area contributed by atoms with E-state index in [4.69, 9.17) is 0 Å². The van der Waals surface area contributed by atoms with E-state index in [9.17, 15) is 14.7 Å². The van der Waals surface area contributed by atoms with E-state index in [1.807, 2.05) is 19.1 Å². The highest BCUT2D eigenvalue weighted by molar-refractivity contribution is 7.11. The molecule has 8 heteroatoms. The smallest absolute Gasteiger partial charge is 0.301 e. The Labute approximate surface area is 184 Å². The fourth-order valence-corrected chi connectivity index (χ4v) is 4.38. The number of aromatic nitrogens is 3. The summed E-state index contributed by atoms with van der Waals surface area (Å²) in [6.07, 6.45) is 1.68. The molecule has 7 nitrogen and oxygen atoms in total. The number of carbonyl (C=O) groups is 2. The number of Topliss-reactive ketones (excluding diaryl/α,β-unsaturated/α-hetero) is 1. The normalized spacial score (nSPS) is 18.2. The molecule has 31 heavy (non-hydrogen) atoms. The van der Waals surface area contributed by atoms with Crippen molar-refractivity contribution in [3.05, 3.63) is 74.9 Å². The predicted molar refractivity (Wildman–Crippen MR) is 119 cm³/mol. The SMILES string of the molecule is Cc1ccc(N2C(=O)C(=O)C(=C(O)c3ccc(C(C)C)cc3)C2c2ncc(C)s2)nn1. The van der Waals surface area contributed by atoms with Gasteiger partial charge in [0.1, 0.15) is 16.8 Å². The lowest BCUT2D eigenvalue weighted by Gasteiger charge is -2.21. The van der Waals surface area contributed by atoms with Crippen molar-refractivity contribution < 1.29 is 14.7 Å². The molecule has 2 aromatic heterocycles. The Morgan fingerprint density at radius 1 is 1.06 bits per heavy atom. The zero-order valence-corrected chi connectivity index (χ0v) is 18.5. The van der Waals surface area contributed by atoms with Gasteiger partial charge in [-0.2, -0.15) is 5.10 Å². The summed E-state index contributed by atoms with van der Waals surface area (Å²) in [5, 5.41) is 19.8. The van der Waals surface area contributed by atoms with Crippen LogP contribution in [0.5, 0.6) is 0 Å². The molecule has 1 aromatic carbocycles. The van der Waals surface area contributed by atoms with Crippen molar-refractivity contribution in [3.63, 3.8) is 0 Å². The lowest BCUT2D eigenvalue weighted by Crippen LogP contribution is -2.30. The molecule has 3 aromatic rings. The zero-order valence-electron chi connectivity index (χ0n) is 17.7. The van der Waals surface area contributed by atoms with Crippen molar-refractivity contribution in [3.8, 4) is 0 Å². The third-order valence-electron chi connectivity index (χ3n) is 5.20. The number of hydrogen-bond acceptors (Lipinski definition) is 7. The molecule has 1 atom stereocenters. The molecule has 1 aliphatic rings. The Hall–Kier alpha value is -3.39. The quantitative estimate of drug-likeness (QED) is 0.374. The molecule has 0 saturated carbocycles. The average molecular weight is 435 g/mol.